The standard InChI is InChI=1S/C20H21BrN2O2/c1-2-3-4-5-11-25-19-10-9-16(13-18(19)21)20(24)23-17-8-6-7-15(12-17)14-22/h6-10,12-13H,2-5,11H2,1H3,(H,23,24). The lowest BCUT2D eigenvalue weighted by molar-refractivity contribution is 0.102. The van der Waals surface area contributed by atoms with Crippen molar-refractivity contribution in [1.82, 2.24) is 0 Å². The Kier molecular flexibility index (Phi) is 7.49. The lowest BCUT2D eigenvalue weighted by Crippen LogP contribution is -2.12. The van der Waals surface area contributed by atoms with E-state index < -0.39 is 0 Å². The second-order valence-corrected chi connectivity index (χ2v) is 6.56. The maximum Gasteiger partial charge on any atom is 0.255 e. The van der Waals surface area contributed by atoms with Gasteiger partial charge in [0.1, 0.15) is 5.75 Å². The second-order valence-electron chi connectivity index (χ2n) is 5.70. The van der Waals surface area contributed by atoms with Gasteiger partial charge in [-0.25, -0.2) is 0 Å². The predicted octanol–water partition coefficient (Wildman–Crippen LogP) is 5.53. The van der Waals surface area contributed by atoms with Crippen molar-refractivity contribution >= 4 is 27.5 Å². The van der Waals surface area contributed by atoms with Crippen molar-refractivity contribution in [1.29, 1.82) is 5.26 Å². The van der Waals surface area contributed by atoms with Gasteiger partial charge in [0, 0.05) is 11.3 Å². The number of hydrogen-bond acceptors (Lipinski definition) is 3. The van der Waals surface area contributed by atoms with Gasteiger partial charge in [-0.3, -0.25) is 4.79 Å². The molecule has 0 spiro atoms. The number of nitrogens with one attached hydrogen (secondary N) is 1. The largest absolute Gasteiger partial charge is 0.492 e. The maximum absolute atomic E-state index is 12.4. The number of anilines is 1. The van der Waals surface area contributed by atoms with Gasteiger partial charge in [-0.15, -0.1) is 0 Å². The third-order valence-electron chi connectivity index (χ3n) is 3.70. The number of nitriles is 1. The number of hydrogen-bond donors (Lipinski definition) is 1. The third-order valence-corrected chi connectivity index (χ3v) is 4.32. The van der Waals surface area contributed by atoms with E-state index in [1.807, 2.05) is 0 Å². The summed E-state index contributed by atoms with van der Waals surface area (Å²) in [6, 6.07) is 14.1. The van der Waals surface area contributed by atoms with Gasteiger partial charge < -0.3 is 10.1 Å². The zero-order valence-electron chi connectivity index (χ0n) is 14.2. The highest BCUT2D eigenvalue weighted by Crippen LogP contribution is 2.26. The van der Waals surface area contributed by atoms with Gasteiger partial charge in [0.05, 0.1) is 22.7 Å². The van der Waals surface area contributed by atoms with Crippen molar-refractivity contribution in [2.45, 2.75) is 32.6 Å². The van der Waals surface area contributed by atoms with E-state index in [0.29, 0.717) is 23.4 Å². The molecule has 5 heteroatoms. The number of benzene rings is 2. The molecule has 0 saturated heterocycles. The number of carbonyl (C=O) groups is 1. The minimum Gasteiger partial charge on any atom is -0.492 e. The summed E-state index contributed by atoms with van der Waals surface area (Å²) < 4.78 is 6.50. The van der Waals surface area contributed by atoms with E-state index in [1.165, 1.54) is 12.8 Å². The molecule has 25 heavy (non-hydrogen) atoms. The molecule has 1 amide bonds. The van der Waals surface area contributed by atoms with E-state index >= 15 is 0 Å². The molecule has 0 fully saturated rings. The van der Waals surface area contributed by atoms with Crippen LogP contribution in [0.4, 0.5) is 5.69 Å². The highest BCUT2D eigenvalue weighted by atomic mass is 79.9. The molecule has 130 valence electrons. The molecule has 0 aliphatic rings. The molecule has 4 nitrogen and oxygen atoms in total. The van der Waals surface area contributed by atoms with E-state index in [1.54, 1.807) is 42.5 Å². The monoisotopic (exact) mass is 400 g/mol. The van der Waals surface area contributed by atoms with Gasteiger partial charge in [0.15, 0.2) is 0 Å². The fraction of sp³-hybridized carbons (Fsp3) is 0.300. The van der Waals surface area contributed by atoms with Crippen molar-refractivity contribution in [3.8, 4) is 11.8 Å². The summed E-state index contributed by atoms with van der Waals surface area (Å²) in [5.41, 5.74) is 1.62. The van der Waals surface area contributed by atoms with Crippen LogP contribution in [-0.4, -0.2) is 12.5 Å². The van der Waals surface area contributed by atoms with Crippen LogP contribution in [0.5, 0.6) is 5.75 Å². The van der Waals surface area contributed by atoms with Gasteiger partial charge in [-0.1, -0.05) is 32.3 Å². The molecule has 1 N–H and O–H groups in total. The van der Waals surface area contributed by atoms with E-state index in [0.717, 1.165) is 23.1 Å². The Morgan fingerprint density at radius 1 is 1.20 bits per heavy atom. The molecular formula is C20H21BrN2O2. The quantitative estimate of drug-likeness (QED) is 0.592. The van der Waals surface area contributed by atoms with Crippen LogP contribution >= 0.6 is 15.9 Å². The summed E-state index contributed by atoms with van der Waals surface area (Å²) in [4.78, 5) is 12.4. The summed E-state index contributed by atoms with van der Waals surface area (Å²) >= 11 is 3.46. The molecule has 0 radical (unpaired) electrons. The Morgan fingerprint density at radius 3 is 2.76 bits per heavy atom. The van der Waals surface area contributed by atoms with Crippen LogP contribution in [0, 0.1) is 11.3 Å². The third kappa shape index (κ3) is 5.91. The van der Waals surface area contributed by atoms with Crippen molar-refractivity contribution in [2.75, 3.05) is 11.9 Å². The minimum absolute atomic E-state index is 0.231. The van der Waals surface area contributed by atoms with Crippen LogP contribution < -0.4 is 10.1 Å². The number of unbranched alkanes of at least 4 members (excludes halogenated alkanes) is 3. The zero-order valence-corrected chi connectivity index (χ0v) is 15.8. The predicted molar refractivity (Wildman–Crippen MR) is 103 cm³/mol. The highest BCUT2D eigenvalue weighted by molar-refractivity contribution is 9.10. The highest BCUT2D eigenvalue weighted by Gasteiger charge is 2.10. The molecule has 2 rings (SSSR count). The molecule has 0 heterocycles. The smallest absolute Gasteiger partial charge is 0.255 e. The summed E-state index contributed by atoms with van der Waals surface area (Å²) in [7, 11) is 0. The van der Waals surface area contributed by atoms with Crippen LogP contribution in [0.1, 0.15) is 48.5 Å². The van der Waals surface area contributed by atoms with Crippen LogP contribution in [0.25, 0.3) is 0 Å². The Morgan fingerprint density at radius 2 is 2.04 bits per heavy atom. The van der Waals surface area contributed by atoms with Crippen molar-refractivity contribution in [3.05, 3.63) is 58.1 Å². The van der Waals surface area contributed by atoms with E-state index in [-0.39, 0.29) is 5.91 Å². The molecule has 0 bridgehead atoms. The molecule has 0 aliphatic heterocycles. The maximum atomic E-state index is 12.4. The van der Waals surface area contributed by atoms with Crippen LogP contribution in [0.2, 0.25) is 0 Å². The average Bonchev–Trinajstić information content (AvgIpc) is 2.62. The first kappa shape index (κ1) is 19.0. The van der Waals surface area contributed by atoms with Crippen molar-refractivity contribution < 1.29 is 9.53 Å². The number of ether oxygens (including phenoxy) is 1. The van der Waals surface area contributed by atoms with E-state index in [9.17, 15) is 4.79 Å². The Hall–Kier alpha value is -2.32. The molecule has 0 aliphatic carbocycles. The molecule has 0 unspecified atom stereocenters. The number of halogens is 1. The van der Waals surface area contributed by atoms with Gasteiger partial charge in [0.2, 0.25) is 0 Å². The Balaban J connectivity index is 1.96. The topological polar surface area (TPSA) is 62.1 Å². The molecule has 2 aromatic carbocycles. The Bertz CT molecular complexity index is 769. The molecule has 2 aromatic rings. The first-order chi connectivity index (χ1) is 12.1. The van der Waals surface area contributed by atoms with Gasteiger partial charge >= 0.3 is 0 Å². The average molecular weight is 401 g/mol. The number of amides is 1. The lowest BCUT2D eigenvalue weighted by Gasteiger charge is -2.10. The number of rotatable bonds is 8. The minimum atomic E-state index is -0.231. The van der Waals surface area contributed by atoms with Crippen molar-refractivity contribution in [3.63, 3.8) is 0 Å². The number of carbonyl (C=O) groups excluding carboxylic acids is 1. The second kappa shape index (κ2) is 9.85. The first-order valence-corrected chi connectivity index (χ1v) is 9.17. The van der Waals surface area contributed by atoms with Gasteiger partial charge in [-0.05, 0) is 58.7 Å². The SMILES string of the molecule is CCCCCCOc1ccc(C(=O)Nc2cccc(C#N)c2)cc1Br. The van der Waals surface area contributed by atoms with E-state index in [2.05, 4.69) is 34.2 Å². The summed E-state index contributed by atoms with van der Waals surface area (Å²) in [6.07, 6.45) is 4.61. The van der Waals surface area contributed by atoms with E-state index in [4.69, 9.17) is 10.00 Å². The molecule has 0 saturated carbocycles. The summed E-state index contributed by atoms with van der Waals surface area (Å²) in [5.74, 6) is 0.504. The molecule has 0 atom stereocenters. The fourth-order valence-electron chi connectivity index (χ4n) is 2.34. The molecular weight excluding hydrogens is 380 g/mol. The number of nitrogens with zero attached hydrogens (tertiary/aromatic N) is 1. The normalized spacial score (nSPS) is 10.1. The van der Waals surface area contributed by atoms with Crippen LogP contribution in [0.15, 0.2) is 46.9 Å². The van der Waals surface area contributed by atoms with Gasteiger partial charge in [-0.2, -0.15) is 5.26 Å². The van der Waals surface area contributed by atoms with Crippen LogP contribution in [-0.2, 0) is 0 Å². The van der Waals surface area contributed by atoms with Crippen molar-refractivity contribution in [2.24, 2.45) is 0 Å². The molecule has 0 aromatic heterocycles. The first-order valence-electron chi connectivity index (χ1n) is 8.38. The van der Waals surface area contributed by atoms with Gasteiger partial charge in [0.25, 0.3) is 5.91 Å². The fourth-order valence-corrected chi connectivity index (χ4v) is 2.83. The summed E-state index contributed by atoms with van der Waals surface area (Å²) in [5, 5.41) is 11.7. The summed E-state index contributed by atoms with van der Waals surface area (Å²) in [6.45, 7) is 2.85. The van der Waals surface area contributed by atoms with Crippen LogP contribution in [0.3, 0.4) is 0 Å². The lowest BCUT2D eigenvalue weighted by atomic mass is 10.1. The zero-order chi connectivity index (χ0) is 18.1. The Labute approximate surface area is 156 Å².